The standard InChI is InChI=1S/C15H21N3S/c1-4-11(2)5-8-15(16-3)18-12-6-7-13-14(9-12)19-10-17-13/h6-11,16,18H,4-5H2,1-3H3/b15-8-. The van der Waals surface area contributed by atoms with Crippen LogP contribution in [0.25, 0.3) is 10.2 Å². The largest absolute Gasteiger partial charge is 0.375 e. The molecule has 1 aromatic carbocycles. The van der Waals surface area contributed by atoms with Crippen LogP contribution in [-0.2, 0) is 0 Å². The minimum absolute atomic E-state index is 0.717. The number of rotatable bonds is 6. The first-order valence-electron chi connectivity index (χ1n) is 6.71. The summed E-state index contributed by atoms with van der Waals surface area (Å²) in [5, 5.41) is 6.63. The van der Waals surface area contributed by atoms with Crippen molar-refractivity contribution in [3.8, 4) is 0 Å². The van der Waals surface area contributed by atoms with Gasteiger partial charge in [0.1, 0.15) is 0 Å². The highest BCUT2D eigenvalue weighted by Crippen LogP contribution is 2.22. The maximum absolute atomic E-state index is 4.29. The molecule has 1 aromatic heterocycles. The first-order chi connectivity index (χ1) is 9.22. The Hall–Kier alpha value is -1.55. The molecular formula is C15H21N3S. The number of aromatic nitrogens is 1. The van der Waals surface area contributed by atoms with E-state index in [0.29, 0.717) is 5.92 Å². The van der Waals surface area contributed by atoms with E-state index in [-0.39, 0.29) is 0 Å². The zero-order chi connectivity index (χ0) is 13.7. The van der Waals surface area contributed by atoms with Gasteiger partial charge in [-0.1, -0.05) is 20.3 Å². The fraction of sp³-hybridized carbons (Fsp3) is 0.400. The number of anilines is 1. The predicted octanol–water partition coefficient (Wildman–Crippen LogP) is 4.21. The third-order valence-electron chi connectivity index (χ3n) is 3.30. The zero-order valence-electron chi connectivity index (χ0n) is 11.7. The van der Waals surface area contributed by atoms with Gasteiger partial charge in [-0.05, 0) is 36.6 Å². The molecule has 2 N–H and O–H groups in total. The summed E-state index contributed by atoms with van der Waals surface area (Å²) in [4.78, 5) is 4.29. The van der Waals surface area contributed by atoms with Crippen LogP contribution in [-0.4, -0.2) is 12.0 Å². The smallest absolute Gasteiger partial charge is 0.0987 e. The first kappa shape index (κ1) is 13.9. The third kappa shape index (κ3) is 3.70. The molecule has 2 rings (SSSR count). The van der Waals surface area contributed by atoms with E-state index in [1.165, 1.54) is 11.1 Å². The minimum Gasteiger partial charge on any atom is -0.375 e. The number of allylic oxidation sites excluding steroid dienone is 1. The molecule has 1 unspecified atom stereocenters. The fourth-order valence-corrected chi connectivity index (χ4v) is 2.51. The van der Waals surface area contributed by atoms with Crippen LogP contribution in [0, 0.1) is 5.92 Å². The second-order valence-electron chi connectivity index (χ2n) is 4.78. The van der Waals surface area contributed by atoms with Crippen molar-refractivity contribution in [3.05, 3.63) is 35.6 Å². The Bertz CT molecular complexity index is 559. The van der Waals surface area contributed by atoms with Crippen LogP contribution in [0.2, 0.25) is 0 Å². The lowest BCUT2D eigenvalue weighted by molar-refractivity contribution is 0.569. The first-order valence-corrected chi connectivity index (χ1v) is 7.59. The summed E-state index contributed by atoms with van der Waals surface area (Å²) >= 11 is 1.67. The van der Waals surface area contributed by atoms with Gasteiger partial charge in [-0.25, -0.2) is 4.98 Å². The zero-order valence-corrected chi connectivity index (χ0v) is 12.6. The molecule has 1 atom stereocenters. The molecule has 0 amide bonds. The molecule has 0 saturated carbocycles. The molecule has 0 aliphatic rings. The molecule has 3 nitrogen and oxygen atoms in total. The van der Waals surface area contributed by atoms with Gasteiger partial charge < -0.3 is 10.6 Å². The second kappa shape index (κ2) is 6.57. The molecule has 4 heteroatoms. The lowest BCUT2D eigenvalue weighted by Crippen LogP contribution is -2.15. The molecule has 0 radical (unpaired) electrons. The van der Waals surface area contributed by atoms with E-state index < -0.39 is 0 Å². The maximum atomic E-state index is 4.29. The molecule has 2 aromatic rings. The van der Waals surface area contributed by atoms with Crippen LogP contribution < -0.4 is 10.6 Å². The average Bonchev–Trinajstić information content (AvgIpc) is 2.90. The number of fused-ring (bicyclic) bond motifs is 1. The molecule has 19 heavy (non-hydrogen) atoms. The van der Waals surface area contributed by atoms with Crippen molar-refractivity contribution in [2.24, 2.45) is 5.92 Å². The molecule has 0 aliphatic carbocycles. The second-order valence-corrected chi connectivity index (χ2v) is 5.66. The summed E-state index contributed by atoms with van der Waals surface area (Å²) in [5.41, 5.74) is 4.04. The highest BCUT2D eigenvalue weighted by molar-refractivity contribution is 7.16. The lowest BCUT2D eigenvalue weighted by Gasteiger charge is -2.12. The van der Waals surface area contributed by atoms with Crippen molar-refractivity contribution < 1.29 is 0 Å². The summed E-state index contributed by atoms with van der Waals surface area (Å²) in [6, 6.07) is 6.26. The number of thiazole rings is 1. The van der Waals surface area contributed by atoms with Gasteiger partial charge in [-0.15, -0.1) is 11.3 Å². The van der Waals surface area contributed by atoms with E-state index >= 15 is 0 Å². The number of benzene rings is 1. The normalized spacial score (nSPS) is 13.5. The van der Waals surface area contributed by atoms with Gasteiger partial charge in [0.15, 0.2) is 0 Å². The van der Waals surface area contributed by atoms with Gasteiger partial charge >= 0.3 is 0 Å². The van der Waals surface area contributed by atoms with E-state index in [1.807, 2.05) is 12.6 Å². The Labute approximate surface area is 118 Å². The molecule has 0 spiro atoms. The average molecular weight is 275 g/mol. The minimum atomic E-state index is 0.717. The molecule has 0 bridgehead atoms. The Morgan fingerprint density at radius 3 is 3.05 bits per heavy atom. The van der Waals surface area contributed by atoms with Gasteiger partial charge in [-0.3, -0.25) is 0 Å². The summed E-state index contributed by atoms with van der Waals surface area (Å²) in [6.45, 7) is 4.50. The van der Waals surface area contributed by atoms with Crippen LogP contribution >= 0.6 is 11.3 Å². The summed E-state index contributed by atoms with van der Waals surface area (Å²) in [5.74, 6) is 1.78. The van der Waals surface area contributed by atoms with Gasteiger partial charge in [0.2, 0.25) is 0 Å². The monoisotopic (exact) mass is 275 g/mol. The Balaban J connectivity index is 2.08. The van der Waals surface area contributed by atoms with Crippen LogP contribution in [0.5, 0.6) is 0 Å². The van der Waals surface area contributed by atoms with Gasteiger partial charge in [0.25, 0.3) is 0 Å². The van der Waals surface area contributed by atoms with Crippen molar-refractivity contribution in [1.29, 1.82) is 0 Å². The molecule has 102 valence electrons. The number of nitrogens with one attached hydrogen (secondary N) is 2. The molecular weight excluding hydrogens is 254 g/mol. The Kier molecular flexibility index (Phi) is 4.80. The van der Waals surface area contributed by atoms with E-state index in [2.05, 4.69) is 53.7 Å². The topological polar surface area (TPSA) is 37.0 Å². The van der Waals surface area contributed by atoms with E-state index in [4.69, 9.17) is 0 Å². The number of hydrogen-bond acceptors (Lipinski definition) is 4. The van der Waals surface area contributed by atoms with Crippen LogP contribution in [0.4, 0.5) is 5.69 Å². The highest BCUT2D eigenvalue weighted by atomic mass is 32.1. The molecule has 0 saturated heterocycles. The van der Waals surface area contributed by atoms with Gasteiger partial charge in [-0.2, -0.15) is 0 Å². The Morgan fingerprint density at radius 2 is 2.32 bits per heavy atom. The molecule has 1 heterocycles. The van der Waals surface area contributed by atoms with Crippen molar-refractivity contribution in [2.75, 3.05) is 12.4 Å². The Morgan fingerprint density at radius 1 is 1.47 bits per heavy atom. The third-order valence-corrected chi connectivity index (χ3v) is 4.09. The van der Waals surface area contributed by atoms with E-state index in [0.717, 1.165) is 23.4 Å². The van der Waals surface area contributed by atoms with Gasteiger partial charge in [0.05, 0.1) is 21.5 Å². The van der Waals surface area contributed by atoms with Crippen molar-refractivity contribution in [2.45, 2.75) is 26.7 Å². The van der Waals surface area contributed by atoms with Crippen molar-refractivity contribution in [1.82, 2.24) is 10.3 Å². The predicted molar refractivity (Wildman–Crippen MR) is 84.5 cm³/mol. The summed E-state index contributed by atoms with van der Waals surface area (Å²) in [6.07, 6.45) is 4.52. The van der Waals surface area contributed by atoms with E-state index in [9.17, 15) is 0 Å². The quantitative estimate of drug-likeness (QED) is 0.829. The molecule has 0 aliphatic heterocycles. The van der Waals surface area contributed by atoms with E-state index in [1.54, 1.807) is 11.3 Å². The fourth-order valence-electron chi connectivity index (χ4n) is 1.79. The number of hydrogen-bond donors (Lipinski definition) is 2. The summed E-state index contributed by atoms with van der Waals surface area (Å²) < 4.78 is 1.21. The SMILES string of the molecule is CCC(C)C/C=C(/NC)Nc1ccc2ncsc2c1. The highest BCUT2D eigenvalue weighted by Gasteiger charge is 2.01. The van der Waals surface area contributed by atoms with Crippen molar-refractivity contribution in [3.63, 3.8) is 0 Å². The van der Waals surface area contributed by atoms with Crippen LogP contribution in [0.3, 0.4) is 0 Å². The maximum Gasteiger partial charge on any atom is 0.0987 e. The lowest BCUT2D eigenvalue weighted by atomic mass is 10.1. The van der Waals surface area contributed by atoms with Crippen LogP contribution in [0.1, 0.15) is 26.7 Å². The molecule has 0 fully saturated rings. The number of nitrogens with zero attached hydrogens (tertiary/aromatic N) is 1. The van der Waals surface area contributed by atoms with Gasteiger partial charge in [0, 0.05) is 12.7 Å². The van der Waals surface area contributed by atoms with Crippen LogP contribution in [0.15, 0.2) is 35.6 Å². The summed E-state index contributed by atoms with van der Waals surface area (Å²) in [7, 11) is 1.95. The van der Waals surface area contributed by atoms with Crippen molar-refractivity contribution >= 4 is 27.2 Å².